The lowest BCUT2D eigenvalue weighted by Crippen LogP contribution is -2.45. The summed E-state index contributed by atoms with van der Waals surface area (Å²) in [7, 11) is 1.45. The van der Waals surface area contributed by atoms with Gasteiger partial charge in [-0.2, -0.15) is 0 Å². The molecule has 0 spiro atoms. The Kier molecular flexibility index (Phi) is 8.86. The van der Waals surface area contributed by atoms with Gasteiger partial charge in [-0.05, 0) is 32.4 Å². The highest BCUT2D eigenvalue weighted by molar-refractivity contribution is 6.06. The highest BCUT2D eigenvalue weighted by atomic mass is 16.3. The van der Waals surface area contributed by atoms with Gasteiger partial charge >= 0.3 is 0 Å². The number of hydrogen-bond acceptors (Lipinski definition) is 5. The molecular formula is C26H30N2O4. The molecule has 0 saturated heterocycles. The van der Waals surface area contributed by atoms with Gasteiger partial charge in [0, 0.05) is 61.0 Å². The fraction of sp³-hybridized carbons (Fsp3) is 0.385. The SMILES string of the molecule is C/C=C1/CC=C(C#Cc2ccc(C(=O)C(C)C[C@](C)(C(=O)CCO)C(=O)NC)cc2)C=N1. The van der Waals surface area contributed by atoms with Crippen LogP contribution >= 0.6 is 0 Å². The quantitative estimate of drug-likeness (QED) is 0.373. The van der Waals surface area contributed by atoms with E-state index in [-0.39, 0.29) is 31.0 Å². The van der Waals surface area contributed by atoms with Crippen molar-refractivity contribution in [3.05, 3.63) is 58.8 Å². The number of rotatable bonds is 8. The van der Waals surface area contributed by atoms with Crippen molar-refractivity contribution in [3.8, 4) is 11.8 Å². The number of carbonyl (C=O) groups excluding carboxylic acids is 3. The predicted molar refractivity (Wildman–Crippen MR) is 125 cm³/mol. The summed E-state index contributed by atoms with van der Waals surface area (Å²) in [5.41, 5.74) is 1.75. The zero-order valence-corrected chi connectivity index (χ0v) is 19.1. The summed E-state index contributed by atoms with van der Waals surface area (Å²) in [5.74, 6) is 4.60. The Morgan fingerprint density at radius 2 is 1.94 bits per heavy atom. The van der Waals surface area contributed by atoms with Crippen molar-refractivity contribution in [2.75, 3.05) is 13.7 Å². The van der Waals surface area contributed by atoms with Gasteiger partial charge in [0.1, 0.15) is 11.2 Å². The molecule has 2 rings (SSSR count). The molecular weight excluding hydrogens is 404 g/mol. The lowest BCUT2D eigenvalue weighted by Gasteiger charge is -2.28. The van der Waals surface area contributed by atoms with Crippen molar-refractivity contribution >= 4 is 23.7 Å². The van der Waals surface area contributed by atoms with Crippen molar-refractivity contribution in [3.63, 3.8) is 0 Å². The summed E-state index contributed by atoms with van der Waals surface area (Å²) in [4.78, 5) is 42.1. The summed E-state index contributed by atoms with van der Waals surface area (Å²) < 4.78 is 0. The number of aliphatic imine (C=N–C) groups is 1. The molecule has 1 amide bonds. The number of dihydropyridines is 1. The highest BCUT2D eigenvalue weighted by Crippen LogP contribution is 2.30. The molecule has 2 atom stereocenters. The van der Waals surface area contributed by atoms with Crippen LogP contribution in [0.3, 0.4) is 0 Å². The molecule has 0 fully saturated rings. The zero-order valence-electron chi connectivity index (χ0n) is 19.1. The third kappa shape index (κ3) is 6.12. The van der Waals surface area contributed by atoms with Gasteiger partial charge < -0.3 is 10.4 Å². The largest absolute Gasteiger partial charge is 0.396 e. The summed E-state index contributed by atoms with van der Waals surface area (Å²) in [6.07, 6.45) is 6.43. The van der Waals surface area contributed by atoms with E-state index in [9.17, 15) is 14.4 Å². The molecule has 1 aliphatic rings. The Labute approximate surface area is 189 Å². The maximum absolute atomic E-state index is 12.9. The smallest absolute Gasteiger partial charge is 0.233 e. The third-order valence-corrected chi connectivity index (χ3v) is 5.60. The van der Waals surface area contributed by atoms with Gasteiger partial charge in [0.25, 0.3) is 0 Å². The normalized spacial score (nSPS) is 16.9. The molecule has 1 unspecified atom stereocenters. The van der Waals surface area contributed by atoms with Crippen molar-refractivity contribution in [2.45, 2.75) is 40.0 Å². The maximum atomic E-state index is 12.9. The molecule has 6 nitrogen and oxygen atoms in total. The van der Waals surface area contributed by atoms with Gasteiger partial charge in [0.2, 0.25) is 5.91 Å². The van der Waals surface area contributed by atoms with E-state index in [2.05, 4.69) is 22.2 Å². The van der Waals surface area contributed by atoms with Crippen LogP contribution in [0.4, 0.5) is 0 Å². The molecule has 32 heavy (non-hydrogen) atoms. The standard InChI is InChI=1S/C26H30N2O4/c1-5-22-13-10-20(17-28-22)7-6-19-8-11-21(12-9-19)24(31)18(2)16-26(3,25(32)27-4)23(30)14-15-29/h5,8-12,17-18,29H,13-16H2,1-4H3,(H,27,32)/b22-5-/t18?,26-/m1/s1. The molecule has 6 heteroatoms. The first-order chi connectivity index (χ1) is 15.2. The number of carbonyl (C=O) groups is 3. The van der Waals surface area contributed by atoms with E-state index in [0.29, 0.717) is 5.56 Å². The Balaban J connectivity index is 2.11. The number of ketones is 2. The van der Waals surface area contributed by atoms with Crippen LogP contribution in [0.5, 0.6) is 0 Å². The van der Waals surface area contributed by atoms with Crippen molar-refractivity contribution in [1.82, 2.24) is 5.32 Å². The molecule has 1 aliphatic heterocycles. The van der Waals surface area contributed by atoms with Gasteiger partial charge in [0.15, 0.2) is 5.78 Å². The number of benzene rings is 1. The number of hydrogen-bond donors (Lipinski definition) is 2. The number of nitrogens with zero attached hydrogens (tertiary/aromatic N) is 1. The number of amides is 1. The fourth-order valence-corrected chi connectivity index (χ4v) is 3.59. The molecule has 2 N–H and O–H groups in total. The summed E-state index contributed by atoms with van der Waals surface area (Å²) in [6, 6.07) is 6.97. The van der Waals surface area contributed by atoms with Crippen LogP contribution in [-0.2, 0) is 9.59 Å². The minimum Gasteiger partial charge on any atom is -0.396 e. The number of Topliss-reactive ketones (excluding diaryl/α,β-unsaturated/α-hetero) is 2. The van der Waals surface area contributed by atoms with E-state index < -0.39 is 17.2 Å². The zero-order chi connectivity index (χ0) is 23.7. The average Bonchev–Trinajstić information content (AvgIpc) is 2.82. The first-order valence-corrected chi connectivity index (χ1v) is 10.7. The lowest BCUT2D eigenvalue weighted by molar-refractivity contribution is -0.142. The first-order valence-electron chi connectivity index (χ1n) is 10.7. The summed E-state index contributed by atoms with van der Waals surface area (Å²) in [6.45, 7) is 4.84. The predicted octanol–water partition coefficient (Wildman–Crippen LogP) is 3.26. The van der Waals surface area contributed by atoms with Gasteiger partial charge in [-0.15, -0.1) is 0 Å². The topological polar surface area (TPSA) is 95.8 Å². The first kappa shape index (κ1) is 25.0. The van der Waals surface area contributed by atoms with Crippen molar-refractivity contribution in [1.29, 1.82) is 0 Å². The van der Waals surface area contributed by atoms with E-state index in [1.807, 2.05) is 19.1 Å². The Morgan fingerprint density at radius 3 is 2.47 bits per heavy atom. The Hall–Kier alpha value is -3.30. The van der Waals surface area contributed by atoms with Crippen LogP contribution in [0.2, 0.25) is 0 Å². The third-order valence-electron chi connectivity index (χ3n) is 5.60. The molecule has 0 saturated carbocycles. The Bertz CT molecular complexity index is 1020. The number of nitrogens with one attached hydrogen (secondary N) is 1. The van der Waals surface area contributed by atoms with Crippen LogP contribution in [-0.4, -0.2) is 42.4 Å². The minimum atomic E-state index is -1.37. The summed E-state index contributed by atoms with van der Waals surface area (Å²) >= 11 is 0. The van der Waals surface area contributed by atoms with Crippen LogP contribution in [0.1, 0.15) is 56.0 Å². The van der Waals surface area contributed by atoms with Gasteiger partial charge in [-0.25, -0.2) is 0 Å². The van der Waals surface area contributed by atoms with Gasteiger partial charge in [-0.1, -0.05) is 43.0 Å². The van der Waals surface area contributed by atoms with E-state index in [0.717, 1.165) is 23.3 Å². The second kappa shape index (κ2) is 11.4. The molecule has 0 bridgehead atoms. The van der Waals surface area contributed by atoms with E-state index >= 15 is 0 Å². The van der Waals surface area contributed by atoms with Gasteiger partial charge in [-0.3, -0.25) is 19.4 Å². The molecule has 1 aromatic carbocycles. The second-order valence-corrected chi connectivity index (χ2v) is 8.01. The van der Waals surface area contributed by atoms with Gasteiger partial charge in [0.05, 0.1) is 0 Å². The minimum absolute atomic E-state index is 0.0631. The van der Waals surface area contributed by atoms with Crippen molar-refractivity contribution < 1.29 is 19.5 Å². The molecule has 0 aromatic heterocycles. The van der Waals surface area contributed by atoms with Crippen LogP contribution in [0.15, 0.2) is 52.7 Å². The second-order valence-electron chi connectivity index (χ2n) is 8.01. The average molecular weight is 435 g/mol. The van der Waals surface area contributed by atoms with E-state index in [1.165, 1.54) is 14.0 Å². The molecule has 0 radical (unpaired) electrons. The molecule has 0 aliphatic carbocycles. The Morgan fingerprint density at radius 1 is 1.25 bits per heavy atom. The molecule has 1 aromatic rings. The van der Waals surface area contributed by atoms with Crippen LogP contribution < -0.4 is 5.32 Å². The number of aliphatic hydroxyl groups is 1. The summed E-state index contributed by atoms with van der Waals surface area (Å²) in [5, 5.41) is 11.6. The maximum Gasteiger partial charge on any atom is 0.233 e. The monoisotopic (exact) mass is 434 g/mol. The molecule has 1 heterocycles. The van der Waals surface area contributed by atoms with E-state index in [1.54, 1.807) is 37.4 Å². The van der Waals surface area contributed by atoms with Crippen LogP contribution in [0.25, 0.3) is 0 Å². The van der Waals surface area contributed by atoms with E-state index in [4.69, 9.17) is 5.11 Å². The molecule has 168 valence electrons. The lowest BCUT2D eigenvalue weighted by atomic mass is 9.74. The fourth-order valence-electron chi connectivity index (χ4n) is 3.59. The van der Waals surface area contributed by atoms with Crippen LogP contribution in [0, 0.1) is 23.2 Å². The highest BCUT2D eigenvalue weighted by Gasteiger charge is 2.42. The number of aliphatic hydroxyl groups excluding tert-OH is 1. The number of allylic oxidation sites excluding steroid dienone is 3. The van der Waals surface area contributed by atoms with Crippen molar-refractivity contribution in [2.24, 2.45) is 16.3 Å².